The maximum absolute atomic E-state index is 12.1. The molecular weight excluding hydrogens is 410 g/mol. The van der Waals surface area contributed by atoms with E-state index in [4.69, 9.17) is 16.3 Å². The Morgan fingerprint density at radius 2 is 1.86 bits per heavy atom. The molecule has 1 aliphatic rings. The third-order valence-electron chi connectivity index (χ3n) is 4.71. The number of ether oxygens (including phenoxy) is 1. The first-order valence-electron chi connectivity index (χ1n) is 8.81. The summed E-state index contributed by atoms with van der Waals surface area (Å²) in [6.45, 7) is 0. The number of carbonyl (C=O) groups excluding carboxylic acids is 1. The molecule has 0 aliphatic carbocycles. The third kappa shape index (κ3) is 3.87. The zero-order valence-electron chi connectivity index (χ0n) is 15.1. The van der Waals surface area contributed by atoms with Crippen LogP contribution in [0.15, 0.2) is 66.9 Å². The minimum absolute atomic E-state index is 0.0682. The first kappa shape index (κ1) is 19.5. The van der Waals surface area contributed by atoms with Crippen LogP contribution in [-0.4, -0.2) is 20.0 Å². The van der Waals surface area contributed by atoms with Crippen molar-refractivity contribution < 1.29 is 18.3 Å². The zero-order valence-corrected chi connectivity index (χ0v) is 16.7. The molecule has 1 aromatic heterocycles. The minimum atomic E-state index is -2.17. The van der Waals surface area contributed by atoms with Crippen LogP contribution < -0.4 is 4.74 Å². The third-order valence-corrected chi connectivity index (χ3v) is 5.58. The molecule has 4 rings (SSSR count). The number of pyridine rings is 1. The Hall–Kier alpha value is -2.80. The van der Waals surface area contributed by atoms with E-state index < -0.39 is 17.0 Å². The Morgan fingerprint density at radius 1 is 1.10 bits per heavy atom. The first-order chi connectivity index (χ1) is 14.1. The van der Waals surface area contributed by atoms with Crippen molar-refractivity contribution in [2.24, 2.45) is 0 Å². The normalized spacial score (nSPS) is 16.7. The van der Waals surface area contributed by atoms with Crippen LogP contribution in [0.4, 0.5) is 0 Å². The molecule has 5 nitrogen and oxygen atoms in total. The molecule has 0 fully saturated rings. The van der Waals surface area contributed by atoms with Gasteiger partial charge in [-0.25, -0.2) is 4.98 Å². The summed E-state index contributed by atoms with van der Waals surface area (Å²) in [7, 11) is 0. The van der Waals surface area contributed by atoms with Gasteiger partial charge in [-0.05, 0) is 23.8 Å². The lowest BCUT2D eigenvalue weighted by molar-refractivity contribution is -0.108. The van der Waals surface area contributed by atoms with Gasteiger partial charge < -0.3 is 14.1 Å². The number of hydrogen-bond donors (Lipinski definition) is 0. The summed E-state index contributed by atoms with van der Waals surface area (Å²) in [6.07, 6.45) is 2.45. The minimum Gasteiger partial charge on any atom is -0.772 e. The molecular formula is C22H15ClNO4S-. The second-order valence-corrected chi connectivity index (χ2v) is 7.74. The maximum Gasteiger partial charge on any atom is 0.139 e. The average molecular weight is 425 g/mol. The summed E-state index contributed by atoms with van der Waals surface area (Å²) in [5.74, 6) is 0.436. The Labute approximate surface area is 175 Å². The van der Waals surface area contributed by atoms with Gasteiger partial charge in [0.1, 0.15) is 22.9 Å². The number of fused-ring (bicyclic) bond motifs is 1. The lowest BCUT2D eigenvalue weighted by atomic mass is 9.84. The molecule has 3 aromatic rings. The number of para-hydroxylation sites is 1. The van der Waals surface area contributed by atoms with E-state index in [9.17, 15) is 13.6 Å². The zero-order chi connectivity index (χ0) is 20.4. The average Bonchev–Trinajstić information content (AvgIpc) is 2.73. The lowest BCUT2D eigenvalue weighted by Crippen LogP contribution is -2.16. The van der Waals surface area contributed by atoms with E-state index in [0.717, 1.165) is 11.8 Å². The van der Waals surface area contributed by atoms with Crippen molar-refractivity contribution >= 4 is 40.3 Å². The Morgan fingerprint density at radius 3 is 2.55 bits per heavy atom. The van der Waals surface area contributed by atoms with Gasteiger partial charge >= 0.3 is 0 Å². The summed E-state index contributed by atoms with van der Waals surface area (Å²) in [5, 5.41) is 0.271. The molecule has 0 amide bonds. The number of rotatable bonds is 5. The fourth-order valence-corrected chi connectivity index (χ4v) is 4.10. The Kier molecular flexibility index (Phi) is 5.58. The molecule has 0 saturated heterocycles. The molecule has 7 heteroatoms. The van der Waals surface area contributed by atoms with Crippen LogP contribution in [0.1, 0.15) is 28.2 Å². The molecule has 1 aliphatic heterocycles. The van der Waals surface area contributed by atoms with Crippen LogP contribution in [0.5, 0.6) is 5.75 Å². The summed E-state index contributed by atoms with van der Waals surface area (Å²) in [5.41, 5.74) is 3.35. The number of benzene rings is 2. The fourth-order valence-electron chi connectivity index (χ4n) is 3.41. The van der Waals surface area contributed by atoms with Crippen molar-refractivity contribution in [2.45, 2.75) is 11.7 Å². The SMILES string of the molecule is O=CC1C(c2cccnc2Cl)=C(c2ccc(CS(=O)[O-])cc2)Oc2ccccc21. The van der Waals surface area contributed by atoms with Gasteiger partial charge in [-0.2, -0.15) is 0 Å². The van der Waals surface area contributed by atoms with E-state index in [-0.39, 0.29) is 10.9 Å². The predicted molar refractivity (Wildman–Crippen MR) is 111 cm³/mol. The Bertz CT molecular complexity index is 1130. The number of halogens is 1. The molecule has 0 saturated carbocycles. The van der Waals surface area contributed by atoms with Crippen molar-refractivity contribution in [3.05, 3.63) is 94.3 Å². The van der Waals surface area contributed by atoms with E-state index in [1.165, 1.54) is 0 Å². The standard InChI is InChI=1S/C22H16ClNO4S/c23-22-17(5-3-11-24-22)20-18(12-25)16-4-1-2-6-19(16)28-21(20)15-9-7-14(8-10-15)13-29(26)27/h1-12,18H,13H2,(H,26,27)/p-1. The highest BCUT2D eigenvalue weighted by Gasteiger charge is 2.32. The van der Waals surface area contributed by atoms with Crippen LogP contribution in [0, 0.1) is 0 Å². The van der Waals surface area contributed by atoms with E-state index in [1.54, 1.807) is 42.6 Å². The Balaban J connectivity index is 1.91. The molecule has 0 spiro atoms. The number of aromatic nitrogens is 1. The van der Waals surface area contributed by atoms with Gasteiger partial charge in [0.05, 0.1) is 5.92 Å². The highest BCUT2D eigenvalue weighted by molar-refractivity contribution is 7.78. The van der Waals surface area contributed by atoms with Gasteiger partial charge in [-0.1, -0.05) is 65.1 Å². The first-order valence-corrected chi connectivity index (χ1v) is 10.4. The summed E-state index contributed by atoms with van der Waals surface area (Å²) in [4.78, 5) is 16.3. The summed E-state index contributed by atoms with van der Waals surface area (Å²) >= 11 is 4.19. The highest BCUT2D eigenvalue weighted by atomic mass is 35.5. The molecule has 146 valence electrons. The van der Waals surface area contributed by atoms with E-state index >= 15 is 0 Å². The van der Waals surface area contributed by atoms with Crippen molar-refractivity contribution in [3.8, 4) is 5.75 Å². The molecule has 2 atom stereocenters. The van der Waals surface area contributed by atoms with Crippen LogP contribution in [-0.2, 0) is 21.6 Å². The number of nitrogens with zero attached hydrogens (tertiary/aromatic N) is 1. The highest BCUT2D eigenvalue weighted by Crippen LogP contribution is 2.46. The number of aldehydes is 1. The van der Waals surface area contributed by atoms with Crippen molar-refractivity contribution in [3.63, 3.8) is 0 Å². The number of carbonyl (C=O) groups is 1. The van der Waals surface area contributed by atoms with Crippen molar-refractivity contribution in [2.75, 3.05) is 0 Å². The smallest absolute Gasteiger partial charge is 0.139 e. The monoisotopic (exact) mass is 424 g/mol. The topological polar surface area (TPSA) is 79.3 Å². The summed E-state index contributed by atoms with van der Waals surface area (Å²) in [6, 6.07) is 17.9. The molecule has 2 heterocycles. The molecule has 0 bridgehead atoms. The van der Waals surface area contributed by atoms with Gasteiger partial charge in [0, 0.05) is 34.2 Å². The van der Waals surface area contributed by atoms with Gasteiger partial charge in [-0.15, -0.1) is 0 Å². The van der Waals surface area contributed by atoms with Gasteiger partial charge in [-0.3, -0.25) is 4.21 Å². The quantitative estimate of drug-likeness (QED) is 0.345. The molecule has 2 aromatic carbocycles. The number of hydrogen-bond acceptors (Lipinski definition) is 5. The van der Waals surface area contributed by atoms with E-state index in [1.807, 2.05) is 24.3 Å². The lowest BCUT2D eigenvalue weighted by Gasteiger charge is -2.28. The van der Waals surface area contributed by atoms with Crippen LogP contribution in [0.3, 0.4) is 0 Å². The molecule has 29 heavy (non-hydrogen) atoms. The largest absolute Gasteiger partial charge is 0.772 e. The summed E-state index contributed by atoms with van der Waals surface area (Å²) < 4.78 is 28.1. The second kappa shape index (κ2) is 8.29. The van der Waals surface area contributed by atoms with Gasteiger partial charge in [0.25, 0.3) is 0 Å². The molecule has 0 N–H and O–H groups in total. The molecule has 0 radical (unpaired) electrons. The van der Waals surface area contributed by atoms with Crippen molar-refractivity contribution in [1.29, 1.82) is 0 Å². The van der Waals surface area contributed by atoms with E-state index in [2.05, 4.69) is 4.98 Å². The van der Waals surface area contributed by atoms with E-state index in [0.29, 0.717) is 33.8 Å². The van der Waals surface area contributed by atoms with Crippen LogP contribution >= 0.6 is 11.6 Å². The van der Waals surface area contributed by atoms with Crippen molar-refractivity contribution in [1.82, 2.24) is 4.98 Å². The maximum atomic E-state index is 12.1. The number of allylic oxidation sites excluding steroid dienone is 1. The van der Waals surface area contributed by atoms with Crippen LogP contribution in [0.2, 0.25) is 5.15 Å². The second-order valence-electron chi connectivity index (χ2n) is 6.48. The predicted octanol–water partition coefficient (Wildman–Crippen LogP) is 4.36. The van der Waals surface area contributed by atoms with Gasteiger partial charge in [0.15, 0.2) is 0 Å². The van der Waals surface area contributed by atoms with Crippen LogP contribution in [0.25, 0.3) is 11.3 Å². The fraction of sp³-hybridized carbons (Fsp3) is 0.0909. The molecule has 2 unspecified atom stereocenters. The van der Waals surface area contributed by atoms with Gasteiger partial charge in [0.2, 0.25) is 0 Å².